The summed E-state index contributed by atoms with van der Waals surface area (Å²) >= 11 is 0. The maximum Gasteiger partial charge on any atom is 0.481 e. The van der Waals surface area contributed by atoms with Crippen molar-refractivity contribution in [2.24, 2.45) is 5.92 Å². The van der Waals surface area contributed by atoms with Crippen LogP contribution in [0, 0.1) is 5.92 Å². The van der Waals surface area contributed by atoms with Crippen LogP contribution >= 0.6 is 15.6 Å². The SMILES string of the molecule is CCCCC/C=C\C/C=C\C/C=C\CC1OC1CCCC(=O)OC[C@H](COP(=O)(O)OP(=O)(O)OC[C@H]1O[C@@H](n2ccc(N)nc2=O)[C@H](O)[C@@H]1O)OC(=O)CCCCCCCCCCCCCC(C)C. The van der Waals surface area contributed by atoms with Crippen LogP contribution in [0.2, 0.25) is 0 Å². The number of hydrogen-bond acceptors (Lipinski definition) is 16. The number of allylic oxidation sites excluding steroid dienone is 5. The lowest BCUT2D eigenvalue weighted by molar-refractivity contribution is -0.161. The van der Waals surface area contributed by atoms with Crippen molar-refractivity contribution in [1.29, 1.82) is 0 Å². The van der Waals surface area contributed by atoms with Crippen LogP contribution in [-0.4, -0.2) is 97.9 Å². The fourth-order valence-corrected chi connectivity index (χ4v) is 9.87. The lowest BCUT2D eigenvalue weighted by Gasteiger charge is -2.21. The van der Waals surface area contributed by atoms with Crippen molar-refractivity contribution >= 4 is 33.4 Å². The number of aliphatic hydroxyl groups excluding tert-OH is 2. The molecule has 6 N–H and O–H groups in total. The number of unbranched alkanes of at least 4 members (excludes halogenated alkanes) is 13. The largest absolute Gasteiger partial charge is 0.481 e. The number of hydrogen-bond donors (Lipinski definition) is 5. The number of ether oxygens (including phenoxy) is 4. The van der Waals surface area contributed by atoms with Gasteiger partial charge < -0.3 is 44.7 Å². The number of aromatic nitrogens is 2. The van der Waals surface area contributed by atoms with E-state index in [-0.39, 0.29) is 30.9 Å². The summed E-state index contributed by atoms with van der Waals surface area (Å²) in [5, 5.41) is 20.9. The van der Waals surface area contributed by atoms with Crippen molar-refractivity contribution in [3.05, 3.63) is 59.2 Å². The summed E-state index contributed by atoms with van der Waals surface area (Å²) in [5.41, 5.74) is 4.59. The highest BCUT2D eigenvalue weighted by Crippen LogP contribution is 2.60. The van der Waals surface area contributed by atoms with Gasteiger partial charge in [-0.1, -0.05) is 141 Å². The number of nitrogens with zero attached hydrogens (tertiary/aromatic N) is 2. The highest BCUT2D eigenvalue weighted by atomic mass is 31.3. The van der Waals surface area contributed by atoms with Crippen molar-refractivity contribution < 1.29 is 71.0 Å². The fourth-order valence-electron chi connectivity index (χ4n) is 7.76. The van der Waals surface area contributed by atoms with Crippen molar-refractivity contribution in [3.63, 3.8) is 0 Å². The first kappa shape index (κ1) is 61.2. The molecule has 0 aromatic carbocycles. The molecule has 2 fully saturated rings. The van der Waals surface area contributed by atoms with E-state index in [0.717, 1.165) is 68.0 Å². The molecule has 2 aliphatic rings. The molecule has 70 heavy (non-hydrogen) atoms. The number of anilines is 1. The quantitative estimate of drug-likeness (QED) is 0.0135. The summed E-state index contributed by atoms with van der Waals surface area (Å²) in [4.78, 5) is 62.0. The minimum absolute atomic E-state index is 0.0322. The number of aliphatic hydroxyl groups is 2. The second-order valence-electron chi connectivity index (χ2n) is 18.5. The van der Waals surface area contributed by atoms with Crippen LogP contribution in [0.5, 0.6) is 0 Å². The van der Waals surface area contributed by atoms with Gasteiger partial charge in [0.05, 0.1) is 25.4 Å². The molecule has 0 radical (unpaired) electrons. The van der Waals surface area contributed by atoms with E-state index < -0.39 is 83.7 Å². The minimum atomic E-state index is -5.44. The molecular formula is C49H83N3O16P2. The zero-order chi connectivity index (χ0) is 51.2. The van der Waals surface area contributed by atoms with Crippen LogP contribution in [0.15, 0.2) is 53.5 Å². The van der Waals surface area contributed by atoms with Gasteiger partial charge in [-0.3, -0.25) is 23.2 Å². The van der Waals surface area contributed by atoms with Gasteiger partial charge in [0.2, 0.25) is 0 Å². The molecule has 2 saturated heterocycles. The van der Waals surface area contributed by atoms with E-state index in [2.05, 4.69) is 66.5 Å². The second kappa shape index (κ2) is 34.4. The molecule has 19 nitrogen and oxygen atoms in total. The number of phosphoric acid groups is 2. The highest BCUT2D eigenvalue weighted by Gasteiger charge is 2.46. The van der Waals surface area contributed by atoms with Crippen molar-refractivity contribution in [2.75, 3.05) is 25.6 Å². The lowest BCUT2D eigenvalue weighted by atomic mass is 10.0. The summed E-state index contributed by atoms with van der Waals surface area (Å²) in [5.74, 6) is -0.616. The molecule has 1 aromatic heterocycles. The van der Waals surface area contributed by atoms with Gasteiger partial charge in [0.25, 0.3) is 0 Å². The van der Waals surface area contributed by atoms with Crippen molar-refractivity contribution in [1.82, 2.24) is 9.55 Å². The maximum atomic E-state index is 12.9. The molecule has 0 amide bonds. The summed E-state index contributed by atoms with van der Waals surface area (Å²) in [7, 11) is -10.9. The Bertz CT molecular complexity index is 1900. The number of carbonyl (C=O) groups excluding carboxylic acids is 2. The van der Waals surface area contributed by atoms with E-state index in [1.807, 2.05) is 0 Å². The Balaban J connectivity index is 1.42. The first-order chi connectivity index (χ1) is 33.5. The Morgan fingerprint density at radius 1 is 0.757 bits per heavy atom. The van der Waals surface area contributed by atoms with Crippen LogP contribution in [-0.2, 0) is 51.0 Å². The molecule has 0 spiro atoms. The van der Waals surface area contributed by atoms with Crippen LogP contribution in [0.1, 0.15) is 175 Å². The van der Waals surface area contributed by atoms with Gasteiger partial charge in [-0.05, 0) is 63.4 Å². The minimum Gasteiger partial charge on any atom is -0.462 e. The van der Waals surface area contributed by atoms with Crippen molar-refractivity contribution in [2.45, 2.75) is 211 Å². The van der Waals surface area contributed by atoms with Crippen molar-refractivity contribution in [3.8, 4) is 0 Å². The number of phosphoric ester groups is 2. The number of nitrogens with two attached hydrogens (primary N) is 1. The van der Waals surface area contributed by atoms with Gasteiger partial charge in [-0.2, -0.15) is 9.29 Å². The average Bonchev–Trinajstić information content (AvgIpc) is 3.99. The molecule has 21 heteroatoms. The average molecular weight is 1030 g/mol. The summed E-state index contributed by atoms with van der Waals surface area (Å²) in [6.07, 6.45) is 28.2. The topological polar surface area (TPSA) is 278 Å². The summed E-state index contributed by atoms with van der Waals surface area (Å²) in [6.45, 7) is 4.35. The van der Waals surface area contributed by atoms with Crippen LogP contribution in [0.3, 0.4) is 0 Å². The number of nitrogen functional groups attached to an aromatic ring is 1. The van der Waals surface area contributed by atoms with Gasteiger partial charge in [0.15, 0.2) is 12.3 Å². The fraction of sp³-hybridized carbons (Fsp3) is 0.755. The van der Waals surface area contributed by atoms with E-state index in [1.165, 1.54) is 70.3 Å². The number of rotatable bonds is 40. The molecule has 4 unspecified atom stereocenters. The van der Waals surface area contributed by atoms with E-state index >= 15 is 0 Å². The number of carbonyl (C=O) groups is 2. The Morgan fingerprint density at radius 3 is 2.03 bits per heavy atom. The first-order valence-corrected chi connectivity index (χ1v) is 28.5. The molecule has 1 aromatic rings. The third-order valence-electron chi connectivity index (χ3n) is 11.8. The number of epoxide rings is 1. The lowest BCUT2D eigenvalue weighted by Crippen LogP contribution is -2.36. The van der Waals surface area contributed by atoms with Gasteiger partial charge in [0, 0.05) is 19.0 Å². The molecule has 9 atom stereocenters. The normalized spacial score (nSPS) is 22.5. The van der Waals surface area contributed by atoms with Gasteiger partial charge in [-0.15, -0.1) is 0 Å². The third kappa shape index (κ3) is 27.1. The van der Waals surface area contributed by atoms with Crippen LogP contribution in [0.25, 0.3) is 0 Å². The predicted molar refractivity (Wildman–Crippen MR) is 265 cm³/mol. The zero-order valence-corrected chi connectivity index (χ0v) is 43.5. The second-order valence-corrected chi connectivity index (χ2v) is 21.6. The Kier molecular flexibility index (Phi) is 30.1. The van der Waals surface area contributed by atoms with E-state index in [0.29, 0.717) is 19.3 Å². The van der Waals surface area contributed by atoms with Crippen LogP contribution < -0.4 is 11.4 Å². The monoisotopic (exact) mass is 1030 g/mol. The molecule has 3 heterocycles. The molecule has 0 aliphatic carbocycles. The smallest absolute Gasteiger partial charge is 0.462 e. The molecule has 400 valence electrons. The molecule has 0 bridgehead atoms. The van der Waals surface area contributed by atoms with Gasteiger partial charge >= 0.3 is 33.3 Å². The van der Waals surface area contributed by atoms with E-state index in [1.54, 1.807) is 0 Å². The Hall–Kier alpha value is -3.06. The third-order valence-corrected chi connectivity index (χ3v) is 14.4. The highest BCUT2D eigenvalue weighted by molar-refractivity contribution is 7.61. The van der Waals surface area contributed by atoms with Crippen LogP contribution in [0.4, 0.5) is 5.82 Å². The predicted octanol–water partition coefficient (Wildman–Crippen LogP) is 9.23. The van der Waals surface area contributed by atoms with Gasteiger partial charge in [0.1, 0.15) is 30.7 Å². The Morgan fingerprint density at radius 2 is 1.37 bits per heavy atom. The molecule has 0 saturated carbocycles. The van der Waals surface area contributed by atoms with Gasteiger partial charge in [-0.25, -0.2) is 13.9 Å². The number of esters is 2. The summed E-state index contributed by atoms with van der Waals surface area (Å²) in [6, 6.07) is 1.24. The van der Waals surface area contributed by atoms with E-state index in [9.17, 15) is 43.5 Å². The molecule has 2 aliphatic heterocycles. The molecule has 3 rings (SSSR count). The Labute approximate surface area is 414 Å². The standard InChI is InChI=1S/C49H83N3O16P2/c1-4-5-6-7-8-9-10-13-16-19-22-25-29-40-41(66-40)30-27-32-44(53)62-35-39(65-45(54)31-26-23-20-17-14-11-12-15-18-21-24-28-38(2)3)36-63-69(58,59)68-70(60,61)64-37-42-46(55)47(56)48(67-42)52-34-33-43(50)51-49(52)57/h8-9,13,16,22,25,33-34,38-42,46-48,55-56H,4-7,10-12,14-15,17-21,23-24,26-32,35-37H2,1-3H3,(H,58,59)(H,60,61)(H2,50,51,57)/b9-8-,16-13-,25-22-/t39-,40?,41?,42-,46-,47-,48-/m1/s1. The van der Waals surface area contributed by atoms with E-state index in [4.69, 9.17) is 33.7 Å². The summed E-state index contributed by atoms with van der Waals surface area (Å²) < 4.78 is 62.6. The maximum absolute atomic E-state index is 12.9. The zero-order valence-electron chi connectivity index (χ0n) is 41.7. The molecular weight excluding hydrogens is 948 g/mol. The first-order valence-electron chi connectivity index (χ1n) is 25.5.